The molecular weight excluding hydrogens is 420 g/mol. The van der Waals surface area contributed by atoms with Crippen LogP contribution in [0.1, 0.15) is 34.4 Å². The van der Waals surface area contributed by atoms with Crippen molar-refractivity contribution in [2.24, 2.45) is 0 Å². The molecule has 164 valence electrons. The summed E-state index contributed by atoms with van der Waals surface area (Å²) >= 11 is 1.82. The molecule has 1 aromatic carbocycles. The second-order valence-corrected chi connectivity index (χ2v) is 9.50. The Hall–Kier alpha value is -3.19. The third-order valence-corrected chi connectivity index (χ3v) is 7.27. The van der Waals surface area contributed by atoms with Crippen molar-refractivity contribution < 1.29 is 9.59 Å². The van der Waals surface area contributed by atoms with Crippen LogP contribution in [-0.2, 0) is 29.1 Å². The van der Waals surface area contributed by atoms with Crippen LogP contribution < -0.4 is 10.2 Å². The number of aromatic nitrogens is 1. The summed E-state index contributed by atoms with van der Waals surface area (Å²) in [6, 6.07) is 13.7. The van der Waals surface area contributed by atoms with Gasteiger partial charge < -0.3 is 15.1 Å². The number of pyridine rings is 1. The van der Waals surface area contributed by atoms with Crippen molar-refractivity contribution in [1.29, 1.82) is 0 Å². The first kappa shape index (κ1) is 20.7. The average Bonchev–Trinajstić information content (AvgIpc) is 3.42. The molecular formula is C25H26N4O2S. The maximum Gasteiger partial charge on any atom is 0.247 e. The molecule has 2 aliphatic heterocycles. The zero-order chi connectivity index (χ0) is 22.1. The molecule has 2 amide bonds. The van der Waals surface area contributed by atoms with E-state index < -0.39 is 6.04 Å². The summed E-state index contributed by atoms with van der Waals surface area (Å²) in [7, 11) is 0. The largest absolute Gasteiger partial charge is 0.352 e. The molecule has 0 radical (unpaired) electrons. The lowest BCUT2D eigenvalue weighted by Crippen LogP contribution is -2.41. The first-order valence-electron chi connectivity index (χ1n) is 11.0. The van der Waals surface area contributed by atoms with Gasteiger partial charge in [-0.1, -0.05) is 29.8 Å². The SMILES string of the molecule is Cc1ccc(CN2C(=O)CCC2C(=O)Nc2ccc(N3CCc4sccc4C3)nc2)cc1. The highest BCUT2D eigenvalue weighted by Crippen LogP contribution is 2.28. The number of likely N-dealkylation sites (tertiary alicyclic amines) is 1. The molecule has 0 spiro atoms. The van der Waals surface area contributed by atoms with Gasteiger partial charge in [-0.2, -0.15) is 0 Å². The number of thiophene rings is 1. The zero-order valence-corrected chi connectivity index (χ0v) is 18.9. The van der Waals surface area contributed by atoms with Crippen LogP contribution in [0.3, 0.4) is 0 Å². The molecule has 32 heavy (non-hydrogen) atoms. The molecule has 1 N–H and O–H groups in total. The lowest BCUT2D eigenvalue weighted by Gasteiger charge is -2.28. The molecule has 0 saturated carbocycles. The lowest BCUT2D eigenvalue weighted by atomic mass is 10.1. The molecule has 1 fully saturated rings. The van der Waals surface area contributed by atoms with E-state index in [1.165, 1.54) is 16.0 Å². The maximum absolute atomic E-state index is 13.0. The molecule has 0 bridgehead atoms. The van der Waals surface area contributed by atoms with E-state index >= 15 is 0 Å². The van der Waals surface area contributed by atoms with Gasteiger partial charge in [-0.15, -0.1) is 11.3 Å². The van der Waals surface area contributed by atoms with Gasteiger partial charge in [-0.05, 0) is 54.5 Å². The smallest absolute Gasteiger partial charge is 0.247 e. The van der Waals surface area contributed by atoms with E-state index in [1.807, 2.05) is 54.7 Å². The topological polar surface area (TPSA) is 65.5 Å². The summed E-state index contributed by atoms with van der Waals surface area (Å²) < 4.78 is 0. The Bertz CT molecular complexity index is 1120. The summed E-state index contributed by atoms with van der Waals surface area (Å²) in [4.78, 5) is 35.4. The number of carbonyl (C=O) groups is 2. The molecule has 1 atom stereocenters. The second kappa shape index (κ2) is 8.74. The standard InChI is InChI=1S/C25H26N4O2S/c1-17-2-4-18(5-3-17)15-29-21(7-9-24(29)30)25(31)27-20-6-8-23(26-14-20)28-12-10-22-19(16-28)11-13-32-22/h2-6,8,11,13-14,21H,7,9-10,12,15-16H2,1H3,(H,27,31). The Morgan fingerprint density at radius 1 is 1.16 bits per heavy atom. The highest BCUT2D eigenvalue weighted by atomic mass is 32.1. The van der Waals surface area contributed by atoms with Crippen molar-refractivity contribution in [3.8, 4) is 0 Å². The Morgan fingerprint density at radius 3 is 2.78 bits per heavy atom. The van der Waals surface area contributed by atoms with Crippen molar-refractivity contribution in [1.82, 2.24) is 9.88 Å². The number of fused-ring (bicyclic) bond motifs is 1. The fourth-order valence-corrected chi connectivity index (χ4v) is 5.30. The van der Waals surface area contributed by atoms with Crippen molar-refractivity contribution in [2.75, 3.05) is 16.8 Å². The number of hydrogen-bond donors (Lipinski definition) is 1. The van der Waals surface area contributed by atoms with Gasteiger partial charge >= 0.3 is 0 Å². The highest BCUT2D eigenvalue weighted by molar-refractivity contribution is 7.10. The monoisotopic (exact) mass is 446 g/mol. The molecule has 2 aromatic heterocycles. The number of carbonyl (C=O) groups excluding carboxylic acids is 2. The van der Waals surface area contributed by atoms with Crippen LogP contribution in [0.15, 0.2) is 54.0 Å². The molecule has 7 heteroatoms. The van der Waals surface area contributed by atoms with Crippen molar-refractivity contribution in [3.05, 3.63) is 75.6 Å². The van der Waals surface area contributed by atoms with E-state index in [1.54, 1.807) is 11.1 Å². The molecule has 2 aliphatic rings. The van der Waals surface area contributed by atoms with Crippen LogP contribution in [0.25, 0.3) is 0 Å². The molecule has 3 aromatic rings. The molecule has 1 unspecified atom stereocenters. The molecule has 5 rings (SSSR count). The Balaban J connectivity index is 1.23. The minimum atomic E-state index is -0.456. The molecule has 1 saturated heterocycles. The van der Waals surface area contributed by atoms with Crippen LogP contribution >= 0.6 is 11.3 Å². The maximum atomic E-state index is 13.0. The third-order valence-electron chi connectivity index (χ3n) is 6.25. The van der Waals surface area contributed by atoms with Gasteiger partial charge in [-0.25, -0.2) is 4.98 Å². The lowest BCUT2D eigenvalue weighted by molar-refractivity contribution is -0.133. The first-order valence-corrected chi connectivity index (χ1v) is 11.9. The third kappa shape index (κ3) is 4.25. The molecule has 0 aliphatic carbocycles. The number of nitrogens with zero attached hydrogens (tertiary/aromatic N) is 3. The number of nitrogens with one attached hydrogen (secondary N) is 1. The summed E-state index contributed by atoms with van der Waals surface area (Å²) in [6.07, 6.45) is 3.69. The predicted octanol–water partition coefficient (Wildman–Crippen LogP) is 4.14. The van der Waals surface area contributed by atoms with Crippen LogP contribution in [0, 0.1) is 6.92 Å². The van der Waals surface area contributed by atoms with Gasteiger partial charge in [0.05, 0.1) is 11.9 Å². The number of rotatable bonds is 5. The molecule has 4 heterocycles. The summed E-state index contributed by atoms with van der Waals surface area (Å²) in [6.45, 7) is 4.30. The predicted molar refractivity (Wildman–Crippen MR) is 127 cm³/mol. The van der Waals surface area contributed by atoms with E-state index in [9.17, 15) is 9.59 Å². The quantitative estimate of drug-likeness (QED) is 0.640. The summed E-state index contributed by atoms with van der Waals surface area (Å²) in [5, 5.41) is 5.11. The fraction of sp³-hybridized carbons (Fsp3) is 0.320. The Labute approximate surface area is 191 Å². The normalized spacial score (nSPS) is 18.0. The number of benzene rings is 1. The van der Waals surface area contributed by atoms with Gasteiger partial charge in [0.25, 0.3) is 0 Å². The highest BCUT2D eigenvalue weighted by Gasteiger charge is 2.36. The Morgan fingerprint density at radius 2 is 2.00 bits per heavy atom. The van der Waals surface area contributed by atoms with Crippen molar-refractivity contribution in [2.45, 2.75) is 45.3 Å². The van der Waals surface area contributed by atoms with Gasteiger partial charge in [0.1, 0.15) is 11.9 Å². The number of amides is 2. The van der Waals surface area contributed by atoms with E-state index in [4.69, 9.17) is 0 Å². The molecule has 6 nitrogen and oxygen atoms in total. The van der Waals surface area contributed by atoms with E-state index in [-0.39, 0.29) is 11.8 Å². The van der Waals surface area contributed by atoms with Crippen LogP contribution in [0.4, 0.5) is 11.5 Å². The van der Waals surface area contributed by atoms with Crippen molar-refractivity contribution in [3.63, 3.8) is 0 Å². The number of anilines is 2. The minimum absolute atomic E-state index is 0.0251. The average molecular weight is 447 g/mol. The van der Waals surface area contributed by atoms with Crippen LogP contribution in [-0.4, -0.2) is 34.3 Å². The first-order chi connectivity index (χ1) is 15.6. The van der Waals surface area contributed by atoms with Gasteiger partial charge in [0.15, 0.2) is 0 Å². The summed E-state index contributed by atoms with van der Waals surface area (Å²) in [5.41, 5.74) is 4.23. The second-order valence-electron chi connectivity index (χ2n) is 8.50. The van der Waals surface area contributed by atoms with Crippen molar-refractivity contribution >= 4 is 34.7 Å². The van der Waals surface area contributed by atoms with E-state index in [2.05, 4.69) is 26.6 Å². The van der Waals surface area contributed by atoms with Gasteiger partial charge in [-0.3, -0.25) is 9.59 Å². The van der Waals surface area contributed by atoms with Crippen LogP contribution in [0.5, 0.6) is 0 Å². The zero-order valence-electron chi connectivity index (χ0n) is 18.1. The number of hydrogen-bond acceptors (Lipinski definition) is 5. The minimum Gasteiger partial charge on any atom is -0.352 e. The van der Waals surface area contributed by atoms with Crippen LogP contribution in [0.2, 0.25) is 0 Å². The van der Waals surface area contributed by atoms with Gasteiger partial charge in [0.2, 0.25) is 11.8 Å². The van der Waals surface area contributed by atoms with E-state index in [0.717, 1.165) is 30.9 Å². The summed E-state index contributed by atoms with van der Waals surface area (Å²) in [5.74, 6) is 0.785. The fourth-order valence-electron chi connectivity index (χ4n) is 4.41. The number of aryl methyl sites for hydroxylation is 1. The Kier molecular flexibility index (Phi) is 5.66. The van der Waals surface area contributed by atoms with Gasteiger partial charge in [0, 0.05) is 30.9 Å². The van der Waals surface area contributed by atoms with E-state index in [0.29, 0.717) is 25.1 Å².